The van der Waals surface area contributed by atoms with E-state index in [0.29, 0.717) is 10.7 Å². The van der Waals surface area contributed by atoms with Crippen LogP contribution in [0.2, 0.25) is 5.02 Å². The molecule has 20 heavy (non-hydrogen) atoms. The molecule has 0 aliphatic rings. The molecule has 106 valence electrons. The molecule has 0 heterocycles. The van der Waals surface area contributed by atoms with Crippen LogP contribution in [0.3, 0.4) is 0 Å². The van der Waals surface area contributed by atoms with E-state index in [2.05, 4.69) is 0 Å². The van der Waals surface area contributed by atoms with E-state index in [1.54, 1.807) is 30.3 Å². The van der Waals surface area contributed by atoms with Crippen LogP contribution < -0.4 is 5.73 Å². The van der Waals surface area contributed by atoms with Gasteiger partial charge in [0.15, 0.2) is 0 Å². The summed E-state index contributed by atoms with van der Waals surface area (Å²) < 4.78 is 26.1. The van der Waals surface area contributed by atoms with Gasteiger partial charge in [-0.3, -0.25) is 0 Å². The molecule has 2 N–H and O–H groups in total. The fourth-order valence-corrected chi connectivity index (χ4v) is 3.26. The van der Waals surface area contributed by atoms with E-state index in [9.17, 15) is 8.42 Å². The van der Waals surface area contributed by atoms with Crippen LogP contribution in [0.4, 0.5) is 5.69 Å². The molecule has 0 amide bonds. The fraction of sp³-hybridized carbons (Fsp3) is 0.143. The molecule has 4 nitrogen and oxygen atoms in total. The molecule has 0 aromatic heterocycles. The molecular formula is C14H15ClN2O2S. The zero-order valence-electron chi connectivity index (χ0n) is 11.0. The first-order chi connectivity index (χ1) is 9.39. The van der Waals surface area contributed by atoms with Gasteiger partial charge in [-0.05, 0) is 35.9 Å². The molecule has 2 rings (SSSR count). The van der Waals surface area contributed by atoms with Gasteiger partial charge < -0.3 is 5.73 Å². The lowest BCUT2D eigenvalue weighted by atomic mass is 10.2. The summed E-state index contributed by atoms with van der Waals surface area (Å²) in [5.74, 6) is 0. The lowest BCUT2D eigenvalue weighted by Crippen LogP contribution is -2.26. The van der Waals surface area contributed by atoms with Crippen molar-refractivity contribution in [1.82, 2.24) is 4.31 Å². The lowest BCUT2D eigenvalue weighted by Gasteiger charge is -2.17. The summed E-state index contributed by atoms with van der Waals surface area (Å²) in [5.41, 5.74) is 6.87. The minimum atomic E-state index is -3.56. The molecule has 0 unspecified atom stereocenters. The van der Waals surface area contributed by atoms with E-state index in [1.807, 2.05) is 6.07 Å². The first-order valence-electron chi connectivity index (χ1n) is 5.96. The number of hydrogen-bond donors (Lipinski definition) is 1. The van der Waals surface area contributed by atoms with Crippen molar-refractivity contribution < 1.29 is 8.42 Å². The third-order valence-electron chi connectivity index (χ3n) is 2.86. The largest absolute Gasteiger partial charge is 0.399 e. The Hall–Kier alpha value is -1.56. The summed E-state index contributed by atoms with van der Waals surface area (Å²) in [6.07, 6.45) is 0. The second-order valence-corrected chi connectivity index (χ2v) is 6.94. The van der Waals surface area contributed by atoms with E-state index >= 15 is 0 Å². The molecule has 0 saturated heterocycles. The van der Waals surface area contributed by atoms with Crippen LogP contribution in [0.1, 0.15) is 5.56 Å². The maximum absolute atomic E-state index is 12.4. The quantitative estimate of drug-likeness (QED) is 0.883. The predicted molar refractivity (Wildman–Crippen MR) is 81.0 cm³/mol. The molecule has 2 aromatic carbocycles. The van der Waals surface area contributed by atoms with Crippen molar-refractivity contribution >= 4 is 27.3 Å². The monoisotopic (exact) mass is 310 g/mol. The number of nitrogen functional groups attached to an aromatic ring is 1. The van der Waals surface area contributed by atoms with Crippen molar-refractivity contribution in [3.05, 3.63) is 59.1 Å². The normalized spacial score (nSPS) is 11.8. The van der Waals surface area contributed by atoms with Gasteiger partial charge in [-0.1, -0.05) is 29.8 Å². The number of anilines is 1. The van der Waals surface area contributed by atoms with Crippen molar-refractivity contribution in [2.24, 2.45) is 0 Å². The van der Waals surface area contributed by atoms with Gasteiger partial charge in [-0.2, -0.15) is 4.31 Å². The van der Waals surface area contributed by atoms with Crippen LogP contribution in [-0.4, -0.2) is 19.8 Å². The SMILES string of the molecule is CN(Cc1cccc(Cl)c1)S(=O)(=O)c1cccc(N)c1. The zero-order valence-corrected chi connectivity index (χ0v) is 12.5. The molecule has 0 aliphatic heterocycles. The Morgan fingerprint density at radius 1 is 1.15 bits per heavy atom. The van der Waals surface area contributed by atoms with Crippen LogP contribution >= 0.6 is 11.6 Å². The van der Waals surface area contributed by atoms with E-state index in [4.69, 9.17) is 17.3 Å². The topological polar surface area (TPSA) is 63.4 Å². The van der Waals surface area contributed by atoms with Crippen LogP contribution in [0.5, 0.6) is 0 Å². The molecule has 0 fully saturated rings. The second-order valence-electron chi connectivity index (χ2n) is 4.46. The molecular weight excluding hydrogens is 296 g/mol. The van der Waals surface area contributed by atoms with E-state index in [0.717, 1.165) is 5.56 Å². The smallest absolute Gasteiger partial charge is 0.243 e. The van der Waals surface area contributed by atoms with Crippen molar-refractivity contribution in [3.63, 3.8) is 0 Å². The van der Waals surface area contributed by atoms with E-state index in [1.165, 1.54) is 23.5 Å². The number of hydrogen-bond acceptors (Lipinski definition) is 3. The van der Waals surface area contributed by atoms with Crippen molar-refractivity contribution in [2.45, 2.75) is 11.4 Å². The van der Waals surface area contributed by atoms with Gasteiger partial charge in [-0.25, -0.2) is 8.42 Å². The Labute approximate surface area is 123 Å². The van der Waals surface area contributed by atoms with Gasteiger partial charge in [0.05, 0.1) is 4.90 Å². The number of nitrogens with zero attached hydrogens (tertiary/aromatic N) is 1. The maximum atomic E-state index is 12.4. The minimum Gasteiger partial charge on any atom is -0.399 e. The minimum absolute atomic E-state index is 0.182. The average Bonchev–Trinajstić information content (AvgIpc) is 2.38. The lowest BCUT2D eigenvalue weighted by molar-refractivity contribution is 0.467. The Bertz CT molecular complexity index is 717. The molecule has 0 aliphatic carbocycles. The highest BCUT2D eigenvalue weighted by molar-refractivity contribution is 7.89. The van der Waals surface area contributed by atoms with Gasteiger partial charge in [0, 0.05) is 24.3 Å². The molecule has 0 radical (unpaired) electrons. The number of sulfonamides is 1. The van der Waals surface area contributed by atoms with Crippen molar-refractivity contribution in [2.75, 3.05) is 12.8 Å². The fourth-order valence-electron chi connectivity index (χ4n) is 1.83. The molecule has 0 spiro atoms. The highest BCUT2D eigenvalue weighted by atomic mass is 35.5. The van der Waals surface area contributed by atoms with Gasteiger partial charge >= 0.3 is 0 Å². The second kappa shape index (κ2) is 5.83. The Morgan fingerprint density at radius 2 is 1.85 bits per heavy atom. The molecule has 6 heteroatoms. The standard InChI is InChI=1S/C14H15ClN2O2S/c1-17(10-11-4-2-5-12(15)8-11)20(18,19)14-7-3-6-13(16)9-14/h2-9H,10,16H2,1H3. The summed E-state index contributed by atoms with van der Waals surface area (Å²) in [4.78, 5) is 0.182. The van der Waals surface area contributed by atoms with E-state index in [-0.39, 0.29) is 11.4 Å². The van der Waals surface area contributed by atoms with Crippen LogP contribution in [0.25, 0.3) is 0 Å². The van der Waals surface area contributed by atoms with Crippen LogP contribution in [0.15, 0.2) is 53.4 Å². The number of benzene rings is 2. The van der Waals surface area contributed by atoms with Gasteiger partial charge in [-0.15, -0.1) is 0 Å². The average molecular weight is 311 g/mol. The maximum Gasteiger partial charge on any atom is 0.243 e. The molecule has 0 saturated carbocycles. The summed E-state index contributed by atoms with van der Waals surface area (Å²) in [6.45, 7) is 0.248. The van der Waals surface area contributed by atoms with E-state index < -0.39 is 10.0 Å². The first kappa shape index (κ1) is 14.8. The van der Waals surface area contributed by atoms with Gasteiger partial charge in [0.25, 0.3) is 0 Å². The number of rotatable bonds is 4. The van der Waals surface area contributed by atoms with Crippen molar-refractivity contribution in [3.8, 4) is 0 Å². The predicted octanol–water partition coefficient (Wildman–Crippen LogP) is 2.74. The van der Waals surface area contributed by atoms with Gasteiger partial charge in [0.1, 0.15) is 0 Å². The van der Waals surface area contributed by atoms with Gasteiger partial charge in [0.2, 0.25) is 10.0 Å². The number of nitrogens with two attached hydrogens (primary N) is 1. The molecule has 0 bridgehead atoms. The highest BCUT2D eigenvalue weighted by Crippen LogP contribution is 2.20. The van der Waals surface area contributed by atoms with Crippen LogP contribution in [0, 0.1) is 0 Å². The third-order valence-corrected chi connectivity index (χ3v) is 4.90. The Morgan fingerprint density at radius 3 is 2.50 bits per heavy atom. The Balaban J connectivity index is 2.26. The summed E-state index contributed by atoms with van der Waals surface area (Å²) in [7, 11) is -2.04. The Kier molecular flexibility index (Phi) is 4.32. The zero-order chi connectivity index (χ0) is 14.8. The first-order valence-corrected chi connectivity index (χ1v) is 7.78. The summed E-state index contributed by atoms with van der Waals surface area (Å²) >= 11 is 5.90. The summed E-state index contributed by atoms with van der Waals surface area (Å²) in [6, 6.07) is 13.4. The number of halogens is 1. The highest BCUT2D eigenvalue weighted by Gasteiger charge is 2.20. The molecule has 0 atom stereocenters. The molecule has 2 aromatic rings. The van der Waals surface area contributed by atoms with Crippen LogP contribution in [-0.2, 0) is 16.6 Å². The summed E-state index contributed by atoms with van der Waals surface area (Å²) in [5, 5.41) is 0.581. The third kappa shape index (κ3) is 3.30. The van der Waals surface area contributed by atoms with Crippen molar-refractivity contribution in [1.29, 1.82) is 0 Å².